The van der Waals surface area contributed by atoms with Crippen LogP contribution < -0.4 is 16.6 Å². The lowest BCUT2D eigenvalue weighted by Crippen LogP contribution is -2.25. The van der Waals surface area contributed by atoms with Crippen molar-refractivity contribution in [3.8, 4) is 0 Å². The summed E-state index contributed by atoms with van der Waals surface area (Å²) < 4.78 is 0. The molecule has 9 nitrogen and oxygen atoms in total. The summed E-state index contributed by atoms with van der Waals surface area (Å²) in [6.07, 6.45) is 0. The van der Waals surface area contributed by atoms with Gasteiger partial charge in [-0.15, -0.1) is 0 Å². The number of nitrogens with zero attached hydrogens (tertiary/aromatic N) is 1. The molecule has 1 aromatic carbocycles. The van der Waals surface area contributed by atoms with E-state index in [1.165, 1.54) is 6.07 Å². The minimum Gasteiger partial charge on any atom is -0.308 e. The number of benzene rings is 1. The Labute approximate surface area is 120 Å². The van der Waals surface area contributed by atoms with Crippen LogP contribution in [0, 0.1) is 10.1 Å². The van der Waals surface area contributed by atoms with Gasteiger partial charge in [0, 0.05) is 17.2 Å². The van der Waals surface area contributed by atoms with E-state index in [4.69, 9.17) is 11.6 Å². The number of carbonyl (C=O) groups excluding carboxylic acids is 1. The summed E-state index contributed by atoms with van der Waals surface area (Å²) in [7, 11) is 0. The molecule has 1 amide bonds. The van der Waals surface area contributed by atoms with Crippen LogP contribution in [0.1, 0.15) is 10.4 Å². The second kappa shape index (κ2) is 5.59. The summed E-state index contributed by atoms with van der Waals surface area (Å²) >= 11 is 5.70. The minimum absolute atomic E-state index is 0.130. The van der Waals surface area contributed by atoms with Crippen LogP contribution in [-0.4, -0.2) is 20.8 Å². The SMILES string of the molecule is O=C(Nc1cc(=O)[nH]c(=O)[nH]1)c1cc(Cl)ccc1[N+](=O)[O-]. The molecular weight excluding hydrogens is 304 g/mol. The number of anilines is 1. The Morgan fingerprint density at radius 2 is 1.95 bits per heavy atom. The van der Waals surface area contributed by atoms with Gasteiger partial charge in [-0.05, 0) is 12.1 Å². The molecule has 0 radical (unpaired) electrons. The number of halogens is 1. The number of H-pyrrole nitrogens is 2. The van der Waals surface area contributed by atoms with Gasteiger partial charge in [0.05, 0.1) is 4.92 Å². The van der Waals surface area contributed by atoms with Crippen LogP contribution in [0.2, 0.25) is 5.02 Å². The number of nitro groups is 1. The number of hydrogen-bond acceptors (Lipinski definition) is 5. The summed E-state index contributed by atoms with van der Waals surface area (Å²) in [6.45, 7) is 0. The smallest absolute Gasteiger partial charge is 0.308 e. The molecule has 0 spiro atoms. The third-order valence-corrected chi connectivity index (χ3v) is 2.64. The zero-order chi connectivity index (χ0) is 15.6. The highest BCUT2D eigenvalue weighted by atomic mass is 35.5. The number of aromatic nitrogens is 2. The monoisotopic (exact) mass is 310 g/mol. The van der Waals surface area contributed by atoms with E-state index in [0.29, 0.717) is 0 Å². The van der Waals surface area contributed by atoms with Crippen molar-refractivity contribution in [2.75, 3.05) is 5.32 Å². The summed E-state index contributed by atoms with van der Waals surface area (Å²) in [5.74, 6) is -1.08. The molecule has 1 heterocycles. The maximum absolute atomic E-state index is 12.0. The van der Waals surface area contributed by atoms with Crippen molar-refractivity contribution in [1.29, 1.82) is 0 Å². The van der Waals surface area contributed by atoms with Gasteiger partial charge in [-0.3, -0.25) is 29.7 Å². The van der Waals surface area contributed by atoms with Crippen molar-refractivity contribution in [3.05, 3.63) is 65.8 Å². The second-order valence-corrected chi connectivity index (χ2v) is 4.31. The van der Waals surface area contributed by atoms with E-state index in [1.807, 2.05) is 4.98 Å². The quantitative estimate of drug-likeness (QED) is 0.570. The lowest BCUT2D eigenvalue weighted by atomic mass is 10.1. The molecule has 3 N–H and O–H groups in total. The number of rotatable bonds is 3. The Balaban J connectivity index is 2.40. The van der Waals surface area contributed by atoms with Gasteiger partial charge in [0.15, 0.2) is 0 Å². The molecule has 1 aromatic heterocycles. The molecule has 2 rings (SSSR count). The second-order valence-electron chi connectivity index (χ2n) is 3.87. The fraction of sp³-hybridized carbons (Fsp3) is 0. The van der Waals surface area contributed by atoms with Crippen LogP contribution in [0.15, 0.2) is 33.9 Å². The van der Waals surface area contributed by atoms with Crippen LogP contribution in [0.5, 0.6) is 0 Å². The molecule has 2 aromatic rings. The van der Waals surface area contributed by atoms with Gasteiger partial charge in [-0.2, -0.15) is 0 Å². The molecule has 0 saturated heterocycles. The largest absolute Gasteiger partial charge is 0.327 e. The first-order chi connectivity index (χ1) is 9.86. The van der Waals surface area contributed by atoms with Crippen molar-refractivity contribution in [2.24, 2.45) is 0 Å². The lowest BCUT2D eigenvalue weighted by molar-refractivity contribution is -0.385. The average molecular weight is 311 g/mol. The van der Waals surface area contributed by atoms with Gasteiger partial charge in [0.25, 0.3) is 17.2 Å². The predicted molar refractivity (Wildman–Crippen MR) is 73.7 cm³/mol. The van der Waals surface area contributed by atoms with E-state index in [2.05, 4.69) is 10.3 Å². The first kappa shape index (κ1) is 14.5. The highest BCUT2D eigenvalue weighted by Crippen LogP contribution is 2.23. The van der Waals surface area contributed by atoms with Crippen molar-refractivity contribution >= 4 is 29.0 Å². The maximum Gasteiger partial charge on any atom is 0.327 e. The summed E-state index contributed by atoms with van der Waals surface area (Å²) in [6, 6.07) is 4.39. The van der Waals surface area contributed by atoms with Crippen LogP contribution in [0.4, 0.5) is 11.5 Å². The molecule has 0 aliphatic heterocycles. The van der Waals surface area contributed by atoms with E-state index < -0.39 is 27.8 Å². The van der Waals surface area contributed by atoms with Crippen LogP contribution in [-0.2, 0) is 0 Å². The third-order valence-electron chi connectivity index (χ3n) is 2.41. The maximum atomic E-state index is 12.0. The summed E-state index contributed by atoms with van der Waals surface area (Å²) in [5, 5.41) is 13.2. The summed E-state index contributed by atoms with van der Waals surface area (Å²) in [5.41, 5.74) is -2.30. The number of nitro benzene ring substituents is 1. The zero-order valence-electron chi connectivity index (χ0n) is 10.2. The number of aromatic amines is 2. The normalized spacial score (nSPS) is 10.1. The lowest BCUT2D eigenvalue weighted by Gasteiger charge is -2.05. The molecule has 0 fully saturated rings. The molecule has 0 unspecified atom stereocenters. The first-order valence-corrected chi connectivity index (χ1v) is 5.83. The highest BCUT2D eigenvalue weighted by Gasteiger charge is 2.20. The highest BCUT2D eigenvalue weighted by molar-refractivity contribution is 6.31. The average Bonchev–Trinajstić information content (AvgIpc) is 2.36. The van der Waals surface area contributed by atoms with Gasteiger partial charge < -0.3 is 5.32 Å². The topological polar surface area (TPSA) is 138 Å². The molecule has 0 aliphatic carbocycles. The van der Waals surface area contributed by atoms with Crippen LogP contribution >= 0.6 is 11.6 Å². The first-order valence-electron chi connectivity index (χ1n) is 5.46. The molecule has 0 bridgehead atoms. The Morgan fingerprint density at radius 3 is 2.57 bits per heavy atom. The molecule has 108 valence electrons. The number of amides is 1. The third kappa shape index (κ3) is 3.34. The van der Waals surface area contributed by atoms with Gasteiger partial charge in [0.2, 0.25) is 0 Å². The van der Waals surface area contributed by atoms with E-state index in [1.54, 1.807) is 0 Å². The number of hydrogen-bond donors (Lipinski definition) is 3. The predicted octanol–water partition coefficient (Wildman–Crippen LogP) is 0.877. The van der Waals surface area contributed by atoms with Gasteiger partial charge >= 0.3 is 5.69 Å². The Bertz CT molecular complexity index is 813. The molecule has 0 saturated carbocycles. The van der Waals surface area contributed by atoms with Crippen molar-refractivity contribution in [1.82, 2.24) is 9.97 Å². The van der Waals surface area contributed by atoms with Gasteiger partial charge in [0.1, 0.15) is 11.4 Å². The van der Waals surface area contributed by atoms with Gasteiger partial charge in [-0.25, -0.2) is 4.79 Å². The van der Waals surface area contributed by atoms with E-state index in [0.717, 1.165) is 18.2 Å². The van der Waals surface area contributed by atoms with Crippen molar-refractivity contribution in [2.45, 2.75) is 0 Å². The summed E-state index contributed by atoms with van der Waals surface area (Å²) in [4.78, 5) is 48.4. The minimum atomic E-state index is -0.884. The van der Waals surface area contributed by atoms with E-state index >= 15 is 0 Å². The molecule has 21 heavy (non-hydrogen) atoms. The standard InChI is InChI=1S/C11H7ClN4O5/c12-5-1-2-7(16(20)21)6(3-5)10(18)13-8-4-9(17)15-11(19)14-8/h1-4H,(H3,13,14,15,17,18,19). The van der Waals surface area contributed by atoms with Crippen LogP contribution in [0.3, 0.4) is 0 Å². The number of carbonyl (C=O) groups is 1. The Morgan fingerprint density at radius 1 is 1.24 bits per heavy atom. The number of nitrogens with one attached hydrogen (secondary N) is 3. The Hall–Kier alpha value is -2.94. The fourth-order valence-electron chi connectivity index (χ4n) is 1.58. The van der Waals surface area contributed by atoms with E-state index in [9.17, 15) is 24.5 Å². The Kier molecular flexibility index (Phi) is 3.85. The van der Waals surface area contributed by atoms with Gasteiger partial charge in [-0.1, -0.05) is 11.6 Å². The zero-order valence-corrected chi connectivity index (χ0v) is 10.9. The van der Waals surface area contributed by atoms with E-state index in [-0.39, 0.29) is 16.4 Å². The van der Waals surface area contributed by atoms with Crippen molar-refractivity contribution < 1.29 is 9.72 Å². The molecule has 0 aliphatic rings. The fourth-order valence-corrected chi connectivity index (χ4v) is 1.75. The molecular formula is C11H7ClN4O5. The molecule has 0 atom stereocenters. The van der Waals surface area contributed by atoms with Crippen molar-refractivity contribution in [3.63, 3.8) is 0 Å². The molecule has 10 heteroatoms. The van der Waals surface area contributed by atoms with Crippen LogP contribution in [0.25, 0.3) is 0 Å².